The van der Waals surface area contributed by atoms with E-state index in [0.717, 1.165) is 8.64 Å². The summed E-state index contributed by atoms with van der Waals surface area (Å²) < 4.78 is 40.7. The topological polar surface area (TPSA) is 6.48 Å². The van der Waals surface area contributed by atoms with Gasteiger partial charge in [0.25, 0.3) is 0 Å². The molecule has 0 saturated heterocycles. The van der Waals surface area contributed by atoms with E-state index < -0.39 is 7.25 Å². The summed E-state index contributed by atoms with van der Waals surface area (Å²) in [6.45, 7) is 0. The maximum Gasteiger partial charge on any atom is 0.673 e. The lowest BCUT2D eigenvalue weighted by Crippen LogP contribution is -2.18. The predicted molar refractivity (Wildman–Crippen MR) is 77.9 cm³/mol. The predicted octanol–water partition coefficient (Wildman–Crippen LogP) is 3.36. The van der Waals surface area contributed by atoms with Crippen LogP contribution in [-0.4, -0.2) is 53.9 Å². The van der Waals surface area contributed by atoms with Gasteiger partial charge in [0.1, 0.15) is 8.64 Å². The van der Waals surface area contributed by atoms with Gasteiger partial charge in [0.05, 0.1) is 0 Å². The Balaban J connectivity index is 0. The van der Waals surface area contributed by atoms with Crippen LogP contribution in [0.2, 0.25) is 0 Å². The lowest BCUT2D eigenvalue weighted by Gasteiger charge is -2.15. The fourth-order valence-corrected chi connectivity index (χ4v) is 2.60. The van der Waals surface area contributed by atoms with E-state index in [-0.39, 0.29) is 0 Å². The Morgan fingerprint density at radius 3 is 1.12 bits per heavy atom. The van der Waals surface area contributed by atoms with Gasteiger partial charge >= 0.3 is 7.25 Å². The van der Waals surface area contributed by atoms with E-state index in [2.05, 4.69) is 0 Å². The number of thiocarbonyl (C=S) groups is 2. The molecule has 0 aliphatic rings. The third-order valence-corrected chi connectivity index (χ3v) is 5.07. The quantitative estimate of drug-likeness (QED) is 0.289. The van der Waals surface area contributed by atoms with Gasteiger partial charge in [-0.15, -0.1) is 0 Å². The van der Waals surface area contributed by atoms with Gasteiger partial charge in [-0.3, -0.25) is 0 Å². The Bertz CT molecular complexity index is 233. The minimum atomic E-state index is -6.00. The highest BCUT2D eigenvalue weighted by molar-refractivity contribution is 8.89. The highest BCUT2D eigenvalue weighted by Gasteiger charge is 2.20. The van der Waals surface area contributed by atoms with Crippen molar-refractivity contribution in [2.24, 2.45) is 0 Å². The number of hydrogen-bond donors (Lipinski definition) is 0. The molecule has 0 radical (unpaired) electrons. The highest BCUT2D eigenvalue weighted by atomic mass is 33.1. The zero-order valence-corrected chi connectivity index (χ0v) is 12.9. The molecule has 0 saturated carbocycles. The molecule has 0 heterocycles. The molecule has 0 aromatic rings. The van der Waals surface area contributed by atoms with E-state index >= 15 is 0 Å². The van der Waals surface area contributed by atoms with Crippen molar-refractivity contribution in [2.75, 3.05) is 28.2 Å². The van der Waals surface area contributed by atoms with Gasteiger partial charge in [0.2, 0.25) is 0 Å². The fraction of sp³-hybridized carbons (Fsp3) is 0.667. The number of nitrogens with zero attached hydrogens (tertiary/aromatic N) is 2. The summed E-state index contributed by atoms with van der Waals surface area (Å²) in [7, 11) is 4.73. The third kappa shape index (κ3) is 18.8. The van der Waals surface area contributed by atoms with Crippen molar-refractivity contribution in [1.29, 1.82) is 0 Å². The summed E-state index contributed by atoms with van der Waals surface area (Å²) in [4.78, 5) is 3.79. The Morgan fingerprint density at radius 2 is 1.00 bits per heavy atom. The molecule has 0 aromatic heterocycles. The van der Waals surface area contributed by atoms with E-state index in [4.69, 9.17) is 24.4 Å². The molecule has 0 aliphatic heterocycles. The molecule has 0 aliphatic carbocycles. The Kier molecular flexibility index (Phi) is 10.6. The Hall–Kier alpha value is 0.265. The van der Waals surface area contributed by atoms with Crippen LogP contribution < -0.4 is 0 Å². The van der Waals surface area contributed by atoms with Crippen molar-refractivity contribution < 1.29 is 17.3 Å². The molecule has 2 nitrogen and oxygen atoms in total. The van der Waals surface area contributed by atoms with Gasteiger partial charge in [-0.2, -0.15) is 0 Å². The first-order valence-corrected chi connectivity index (χ1v) is 7.06. The molecule has 102 valence electrons. The van der Waals surface area contributed by atoms with Crippen LogP contribution in [0.25, 0.3) is 0 Å². The van der Waals surface area contributed by atoms with Gasteiger partial charge in [-0.05, 0) is 21.6 Å². The largest absolute Gasteiger partial charge is 0.673 e. The number of halogens is 4. The van der Waals surface area contributed by atoms with E-state index in [0.29, 0.717) is 0 Å². The van der Waals surface area contributed by atoms with Crippen molar-refractivity contribution in [3.05, 3.63) is 0 Å². The monoisotopic (exact) mass is 327 g/mol. The lowest BCUT2D eigenvalue weighted by atomic mass is 10.3. The summed E-state index contributed by atoms with van der Waals surface area (Å²) in [6.07, 6.45) is 0. The maximum absolute atomic E-state index is 9.75. The summed E-state index contributed by atoms with van der Waals surface area (Å²) in [6, 6.07) is 0. The van der Waals surface area contributed by atoms with Crippen molar-refractivity contribution in [3.63, 3.8) is 0 Å². The third-order valence-electron chi connectivity index (χ3n) is 0.915. The molecular formula is C6H12BF4N2S4-. The van der Waals surface area contributed by atoms with Gasteiger partial charge < -0.3 is 27.1 Å². The summed E-state index contributed by atoms with van der Waals surface area (Å²) in [5.74, 6) is 0. The van der Waals surface area contributed by atoms with E-state index in [1.807, 2.05) is 38.0 Å². The molecule has 0 rings (SSSR count). The summed E-state index contributed by atoms with van der Waals surface area (Å²) in [5, 5.41) is 0. The first-order valence-electron chi connectivity index (χ1n) is 4.09. The van der Waals surface area contributed by atoms with Crippen LogP contribution in [0.15, 0.2) is 0 Å². The zero-order chi connectivity index (χ0) is 14.2. The van der Waals surface area contributed by atoms with E-state index in [1.165, 1.54) is 21.6 Å². The molecule has 17 heavy (non-hydrogen) atoms. The average Bonchev–Trinajstić information content (AvgIpc) is 2.10. The van der Waals surface area contributed by atoms with Gasteiger partial charge in [0.15, 0.2) is 0 Å². The molecule has 11 heteroatoms. The Morgan fingerprint density at radius 1 is 0.824 bits per heavy atom. The molecule has 0 N–H and O–H groups in total. The highest BCUT2D eigenvalue weighted by Crippen LogP contribution is 2.26. The minimum Gasteiger partial charge on any atom is -0.418 e. The van der Waals surface area contributed by atoms with Crippen LogP contribution >= 0.6 is 46.0 Å². The van der Waals surface area contributed by atoms with Crippen LogP contribution in [-0.2, 0) is 0 Å². The molecule has 0 amide bonds. The number of hydrogen-bond acceptors (Lipinski definition) is 4. The molecule has 0 fully saturated rings. The molecular weight excluding hydrogens is 315 g/mol. The molecule has 0 bridgehead atoms. The molecule has 0 aromatic carbocycles. The van der Waals surface area contributed by atoms with Gasteiger partial charge in [-0.25, -0.2) is 0 Å². The second-order valence-electron chi connectivity index (χ2n) is 2.98. The SMILES string of the molecule is CN(C)C(=S)SSC(=S)N(C)C.F[B-](F)(F)F. The van der Waals surface area contributed by atoms with Gasteiger partial charge in [0, 0.05) is 28.2 Å². The van der Waals surface area contributed by atoms with Crippen molar-refractivity contribution in [1.82, 2.24) is 9.80 Å². The fourth-order valence-electron chi connectivity index (χ4n) is 0.220. The zero-order valence-electron chi connectivity index (χ0n) is 9.62. The normalized spacial score (nSPS) is 10.1. The second kappa shape index (κ2) is 9.23. The molecule has 0 unspecified atom stereocenters. The molecule has 0 spiro atoms. The standard InChI is InChI=1S/C6H12N2S4.BF4/c1-7(2)5(9)11-12-6(10)8(3)4;2-1(3,4)5/h1-4H3;/q;-1. The summed E-state index contributed by atoms with van der Waals surface area (Å²) >= 11 is 10.1. The van der Waals surface area contributed by atoms with Crippen LogP contribution in [0.5, 0.6) is 0 Å². The Labute approximate surface area is 117 Å². The maximum atomic E-state index is 9.75. The summed E-state index contributed by atoms with van der Waals surface area (Å²) in [5.41, 5.74) is 0. The van der Waals surface area contributed by atoms with E-state index in [9.17, 15) is 17.3 Å². The average molecular weight is 327 g/mol. The second-order valence-corrected chi connectivity index (χ2v) is 6.38. The first kappa shape index (κ1) is 19.6. The van der Waals surface area contributed by atoms with Crippen LogP contribution in [0.4, 0.5) is 17.3 Å². The minimum absolute atomic E-state index is 0.837. The van der Waals surface area contributed by atoms with Crippen LogP contribution in [0.3, 0.4) is 0 Å². The molecule has 0 atom stereocenters. The van der Waals surface area contributed by atoms with Crippen molar-refractivity contribution in [2.45, 2.75) is 0 Å². The van der Waals surface area contributed by atoms with Gasteiger partial charge in [-0.1, -0.05) is 24.4 Å². The van der Waals surface area contributed by atoms with Crippen LogP contribution in [0.1, 0.15) is 0 Å². The van der Waals surface area contributed by atoms with E-state index in [1.54, 1.807) is 0 Å². The van der Waals surface area contributed by atoms with Crippen molar-refractivity contribution >= 4 is 61.9 Å². The smallest absolute Gasteiger partial charge is 0.418 e. The number of rotatable bonds is 0. The first-order chi connectivity index (χ1) is 7.45. The van der Waals surface area contributed by atoms with Crippen molar-refractivity contribution in [3.8, 4) is 0 Å². The lowest BCUT2D eigenvalue weighted by molar-refractivity contribution is 0.368. The van der Waals surface area contributed by atoms with Crippen LogP contribution in [0, 0.1) is 0 Å².